The highest BCUT2D eigenvalue weighted by atomic mass is 16.5. The highest BCUT2D eigenvalue weighted by molar-refractivity contribution is 5.91. The lowest BCUT2D eigenvalue weighted by atomic mass is 10.1. The molecule has 0 heterocycles. The Morgan fingerprint density at radius 3 is 2.94 bits per heavy atom. The van der Waals surface area contributed by atoms with Gasteiger partial charge in [0.15, 0.2) is 0 Å². The van der Waals surface area contributed by atoms with E-state index < -0.39 is 0 Å². The fourth-order valence-corrected chi connectivity index (χ4v) is 1.42. The van der Waals surface area contributed by atoms with Crippen LogP contribution in [0.3, 0.4) is 0 Å². The number of aryl methyl sites for hydroxylation is 1. The van der Waals surface area contributed by atoms with Gasteiger partial charge in [-0.2, -0.15) is 5.26 Å². The average Bonchev–Trinajstić information content (AvgIpc) is 2.32. The van der Waals surface area contributed by atoms with Gasteiger partial charge in [0, 0.05) is 25.8 Å². The van der Waals surface area contributed by atoms with Gasteiger partial charge in [-0.05, 0) is 31.0 Å². The molecule has 4 heteroatoms. The minimum absolute atomic E-state index is 0.0553. The largest absolute Gasteiger partial charge is 0.385 e. The van der Waals surface area contributed by atoms with Crippen molar-refractivity contribution in [1.29, 1.82) is 5.26 Å². The minimum atomic E-state index is -0.0553. The van der Waals surface area contributed by atoms with Crippen LogP contribution in [0.2, 0.25) is 0 Å². The van der Waals surface area contributed by atoms with Gasteiger partial charge in [0.1, 0.15) is 0 Å². The van der Waals surface area contributed by atoms with Gasteiger partial charge < -0.3 is 10.1 Å². The summed E-state index contributed by atoms with van der Waals surface area (Å²) in [6.07, 6.45) is 1.11. The number of nitrogens with one attached hydrogen (secondary N) is 1. The molecule has 0 aliphatic carbocycles. The van der Waals surface area contributed by atoms with E-state index in [2.05, 4.69) is 5.32 Å². The molecule has 0 radical (unpaired) electrons. The number of hydrogen-bond donors (Lipinski definition) is 1. The number of nitrogens with zero attached hydrogens (tertiary/aromatic N) is 1. The van der Waals surface area contributed by atoms with Crippen LogP contribution in [-0.2, 0) is 9.53 Å². The summed E-state index contributed by atoms with van der Waals surface area (Å²) in [5.41, 5.74) is 2.19. The molecule has 1 amide bonds. The van der Waals surface area contributed by atoms with Crippen LogP contribution in [0.25, 0.3) is 0 Å². The maximum atomic E-state index is 11.6. The molecule has 17 heavy (non-hydrogen) atoms. The second kappa shape index (κ2) is 6.66. The Kier molecular flexibility index (Phi) is 5.18. The van der Waals surface area contributed by atoms with E-state index in [0.29, 0.717) is 30.7 Å². The topological polar surface area (TPSA) is 62.1 Å². The fraction of sp³-hybridized carbons (Fsp3) is 0.385. The molecule has 4 nitrogen and oxygen atoms in total. The highest BCUT2D eigenvalue weighted by Gasteiger charge is 2.05. The first-order valence-corrected chi connectivity index (χ1v) is 5.47. The number of hydrogen-bond acceptors (Lipinski definition) is 3. The average molecular weight is 232 g/mol. The number of carbonyl (C=O) groups is 1. The van der Waals surface area contributed by atoms with E-state index in [9.17, 15) is 4.79 Å². The van der Waals surface area contributed by atoms with Gasteiger partial charge in [-0.3, -0.25) is 4.79 Å². The summed E-state index contributed by atoms with van der Waals surface area (Å²) < 4.78 is 4.88. The number of methoxy groups -OCH3 is 1. The third-order valence-electron chi connectivity index (χ3n) is 2.39. The number of rotatable bonds is 5. The Labute approximate surface area is 101 Å². The van der Waals surface area contributed by atoms with Crippen LogP contribution in [0.5, 0.6) is 0 Å². The first-order valence-electron chi connectivity index (χ1n) is 5.47. The lowest BCUT2D eigenvalue weighted by Gasteiger charge is -2.08. The predicted molar refractivity (Wildman–Crippen MR) is 65.6 cm³/mol. The lowest BCUT2D eigenvalue weighted by Crippen LogP contribution is -2.13. The Morgan fingerprint density at radius 2 is 2.29 bits per heavy atom. The molecule has 1 N–H and O–H groups in total. The lowest BCUT2D eigenvalue weighted by molar-refractivity contribution is -0.116. The number of benzene rings is 1. The molecule has 0 saturated heterocycles. The molecular weight excluding hydrogens is 216 g/mol. The summed E-state index contributed by atoms with van der Waals surface area (Å²) in [4.78, 5) is 11.6. The third kappa shape index (κ3) is 4.25. The number of carbonyl (C=O) groups excluding carboxylic acids is 1. The molecule has 1 aromatic carbocycles. The number of ether oxygens (including phenoxy) is 1. The summed E-state index contributed by atoms with van der Waals surface area (Å²) in [7, 11) is 1.61. The molecule has 0 aromatic heterocycles. The molecule has 1 aromatic rings. The van der Waals surface area contributed by atoms with E-state index in [1.165, 1.54) is 0 Å². The Hall–Kier alpha value is -1.86. The zero-order valence-electron chi connectivity index (χ0n) is 10.1. The zero-order chi connectivity index (χ0) is 12.7. The number of anilines is 1. The molecule has 0 unspecified atom stereocenters. The van der Waals surface area contributed by atoms with Crippen molar-refractivity contribution in [3.05, 3.63) is 29.3 Å². The number of amides is 1. The van der Waals surface area contributed by atoms with E-state index >= 15 is 0 Å². The van der Waals surface area contributed by atoms with E-state index in [1.807, 2.05) is 19.1 Å². The predicted octanol–water partition coefficient (Wildman–Crippen LogP) is 2.23. The molecule has 1 rings (SSSR count). The first kappa shape index (κ1) is 13.2. The number of nitriles is 1. The maximum Gasteiger partial charge on any atom is 0.224 e. The smallest absolute Gasteiger partial charge is 0.224 e. The van der Waals surface area contributed by atoms with Crippen molar-refractivity contribution in [3.8, 4) is 6.07 Å². The van der Waals surface area contributed by atoms with Crippen molar-refractivity contribution in [1.82, 2.24) is 0 Å². The highest BCUT2D eigenvalue weighted by Crippen LogP contribution is 2.16. The fourth-order valence-electron chi connectivity index (χ4n) is 1.42. The van der Waals surface area contributed by atoms with Gasteiger partial charge in [-0.1, -0.05) is 6.07 Å². The Balaban J connectivity index is 2.61. The van der Waals surface area contributed by atoms with Gasteiger partial charge in [0.25, 0.3) is 0 Å². The van der Waals surface area contributed by atoms with Crippen LogP contribution in [-0.4, -0.2) is 19.6 Å². The zero-order valence-corrected chi connectivity index (χ0v) is 10.1. The molecule has 0 atom stereocenters. The van der Waals surface area contributed by atoms with Crippen molar-refractivity contribution in [3.63, 3.8) is 0 Å². The van der Waals surface area contributed by atoms with Crippen LogP contribution < -0.4 is 5.32 Å². The molecule has 0 saturated carbocycles. The van der Waals surface area contributed by atoms with E-state index in [-0.39, 0.29) is 5.91 Å². The second-order valence-electron chi connectivity index (χ2n) is 3.79. The molecule has 0 aliphatic heterocycles. The van der Waals surface area contributed by atoms with Crippen molar-refractivity contribution >= 4 is 11.6 Å². The van der Waals surface area contributed by atoms with Gasteiger partial charge in [-0.25, -0.2) is 0 Å². The molecule has 90 valence electrons. The molecule has 0 spiro atoms. The monoisotopic (exact) mass is 232 g/mol. The van der Waals surface area contributed by atoms with Crippen LogP contribution in [0.15, 0.2) is 18.2 Å². The van der Waals surface area contributed by atoms with Crippen molar-refractivity contribution in [2.45, 2.75) is 19.8 Å². The first-order chi connectivity index (χ1) is 8.17. The van der Waals surface area contributed by atoms with E-state index in [1.54, 1.807) is 19.2 Å². The van der Waals surface area contributed by atoms with Gasteiger partial charge in [-0.15, -0.1) is 0 Å². The van der Waals surface area contributed by atoms with Crippen molar-refractivity contribution < 1.29 is 9.53 Å². The van der Waals surface area contributed by atoms with Crippen LogP contribution in [0.4, 0.5) is 5.69 Å². The summed E-state index contributed by atoms with van der Waals surface area (Å²) in [5, 5.41) is 11.6. The summed E-state index contributed by atoms with van der Waals surface area (Å²) in [5.74, 6) is -0.0553. The molecular formula is C13H16N2O2. The van der Waals surface area contributed by atoms with E-state index in [4.69, 9.17) is 10.00 Å². The van der Waals surface area contributed by atoms with Gasteiger partial charge in [0.05, 0.1) is 11.6 Å². The third-order valence-corrected chi connectivity index (χ3v) is 2.39. The van der Waals surface area contributed by atoms with Crippen molar-refractivity contribution in [2.75, 3.05) is 19.0 Å². The standard InChI is InChI=1S/C13H16N2O2/c1-10-5-6-11(9-14)8-12(10)15-13(16)4-3-7-17-2/h5-6,8H,3-4,7H2,1-2H3,(H,15,16). The second-order valence-corrected chi connectivity index (χ2v) is 3.79. The van der Waals surface area contributed by atoms with Crippen LogP contribution in [0.1, 0.15) is 24.0 Å². The van der Waals surface area contributed by atoms with Gasteiger partial charge >= 0.3 is 0 Å². The Morgan fingerprint density at radius 1 is 1.53 bits per heavy atom. The van der Waals surface area contributed by atoms with E-state index in [0.717, 1.165) is 5.56 Å². The van der Waals surface area contributed by atoms with Crippen LogP contribution >= 0.6 is 0 Å². The molecule has 0 bridgehead atoms. The summed E-state index contributed by atoms with van der Waals surface area (Å²) >= 11 is 0. The van der Waals surface area contributed by atoms with Crippen LogP contribution in [0, 0.1) is 18.3 Å². The molecule has 0 fully saturated rings. The maximum absolute atomic E-state index is 11.6. The molecule has 0 aliphatic rings. The van der Waals surface area contributed by atoms with Gasteiger partial charge in [0.2, 0.25) is 5.91 Å². The summed E-state index contributed by atoms with van der Waals surface area (Å²) in [6, 6.07) is 7.29. The SMILES string of the molecule is COCCCC(=O)Nc1cc(C#N)ccc1C. The van der Waals surface area contributed by atoms with Crippen molar-refractivity contribution in [2.24, 2.45) is 0 Å². The Bertz CT molecular complexity index is 436. The summed E-state index contributed by atoms with van der Waals surface area (Å²) in [6.45, 7) is 2.47. The minimum Gasteiger partial charge on any atom is -0.385 e. The normalized spacial score (nSPS) is 9.71. The quantitative estimate of drug-likeness (QED) is 0.792.